The highest BCUT2D eigenvalue weighted by Crippen LogP contribution is 2.25. The van der Waals surface area contributed by atoms with E-state index < -0.39 is 0 Å². The Kier molecular flexibility index (Phi) is 9.45. The van der Waals surface area contributed by atoms with Gasteiger partial charge in [0.15, 0.2) is 0 Å². The molecule has 0 atom stereocenters. The number of hydrogen-bond donors (Lipinski definition) is 0. The summed E-state index contributed by atoms with van der Waals surface area (Å²) < 4.78 is 14.4. The van der Waals surface area contributed by atoms with E-state index in [1.807, 2.05) is 6.07 Å². The second kappa shape index (κ2) is 11.9. The van der Waals surface area contributed by atoms with Crippen LogP contribution in [-0.2, 0) is 12.8 Å². The van der Waals surface area contributed by atoms with Crippen molar-refractivity contribution in [1.82, 2.24) is 0 Å². The van der Waals surface area contributed by atoms with E-state index in [0.29, 0.717) is 5.56 Å². The fraction of sp³-hybridized carbons (Fsp3) is 0.520. The van der Waals surface area contributed by atoms with Gasteiger partial charge in [-0.25, -0.2) is 4.39 Å². The first-order valence-electron chi connectivity index (χ1n) is 10.6. The highest BCUT2D eigenvalue weighted by Gasteiger charge is 2.06. The number of rotatable bonds is 12. The van der Waals surface area contributed by atoms with Crippen molar-refractivity contribution in [2.24, 2.45) is 0 Å². The molecule has 0 fully saturated rings. The van der Waals surface area contributed by atoms with Gasteiger partial charge in [0, 0.05) is 5.56 Å². The molecule has 0 aliphatic rings. The highest BCUT2D eigenvalue weighted by atomic mass is 19.1. The lowest BCUT2D eigenvalue weighted by Crippen LogP contribution is -1.91. The fourth-order valence-corrected chi connectivity index (χ4v) is 3.55. The first-order valence-corrected chi connectivity index (χ1v) is 10.6. The first-order chi connectivity index (χ1) is 12.7. The zero-order valence-electron chi connectivity index (χ0n) is 16.7. The summed E-state index contributed by atoms with van der Waals surface area (Å²) in [4.78, 5) is 0. The van der Waals surface area contributed by atoms with E-state index in [0.717, 1.165) is 30.4 Å². The van der Waals surface area contributed by atoms with Crippen molar-refractivity contribution in [2.45, 2.75) is 84.5 Å². The van der Waals surface area contributed by atoms with E-state index in [-0.39, 0.29) is 5.82 Å². The molecular weight excluding hydrogens is 319 g/mol. The number of halogens is 1. The Morgan fingerprint density at radius 2 is 1.23 bits per heavy atom. The maximum atomic E-state index is 14.4. The molecule has 1 heteroatoms. The first kappa shape index (κ1) is 20.7. The molecule has 0 unspecified atom stereocenters. The van der Waals surface area contributed by atoms with Gasteiger partial charge in [-0.2, -0.15) is 0 Å². The summed E-state index contributed by atoms with van der Waals surface area (Å²) in [6.45, 7) is 4.39. The van der Waals surface area contributed by atoms with Crippen molar-refractivity contribution >= 4 is 0 Å². The summed E-state index contributed by atoms with van der Waals surface area (Å²) in [5, 5.41) is 0. The second-order valence-electron chi connectivity index (χ2n) is 7.49. The van der Waals surface area contributed by atoms with Crippen molar-refractivity contribution in [1.29, 1.82) is 0 Å². The molecule has 0 aromatic heterocycles. The van der Waals surface area contributed by atoms with Gasteiger partial charge in [-0.3, -0.25) is 0 Å². The lowest BCUT2D eigenvalue weighted by atomic mass is 9.98. The van der Waals surface area contributed by atoms with E-state index in [4.69, 9.17) is 0 Å². The van der Waals surface area contributed by atoms with Crippen LogP contribution in [-0.4, -0.2) is 0 Å². The number of benzene rings is 2. The van der Waals surface area contributed by atoms with Crippen LogP contribution in [0.1, 0.15) is 82.8 Å². The number of aryl methyl sites for hydroxylation is 2. The predicted octanol–water partition coefficient (Wildman–Crippen LogP) is 8.13. The number of unbranched alkanes of at least 4 members (excludes halogenated alkanes) is 7. The molecule has 2 aromatic carbocycles. The lowest BCUT2D eigenvalue weighted by molar-refractivity contribution is 0.575. The summed E-state index contributed by atoms with van der Waals surface area (Å²) in [6, 6.07) is 14.1. The minimum Gasteiger partial charge on any atom is -0.206 e. The summed E-state index contributed by atoms with van der Waals surface area (Å²) in [6.07, 6.45) is 13.9. The normalized spacial score (nSPS) is 11.0. The van der Waals surface area contributed by atoms with E-state index >= 15 is 0 Å². The van der Waals surface area contributed by atoms with Crippen molar-refractivity contribution < 1.29 is 4.39 Å². The molecule has 0 saturated carbocycles. The molecule has 0 saturated heterocycles. The van der Waals surface area contributed by atoms with E-state index in [9.17, 15) is 4.39 Å². The second-order valence-corrected chi connectivity index (χ2v) is 7.49. The minimum absolute atomic E-state index is 0.105. The molecule has 26 heavy (non-hydrogen) atoms. The Morgan fingerprint density at radius 3 is 1.85 bits per heavy atom. The lowest BCUT2D eigenvalue weighted by Gasteiger charge is -2.08. The van der Waals surface area contributed by atoms with Crippen LogP contribution in [0.25, 0.3) is 11.1 Å². The van der Waals surface area contributed by atoms with Gasteiger partial charge < -0.3 is 0 Å². The zero-order valence-corrected chi connectivity index (χ0v) is 16.7. The molecule has 0 N–H and O–H groups in total. The molecule has 0 aliphatic heterocycles. The molecule has 0 heterocycles. The Bertz CT molecular complexity index is 627. The Balaban J connectivity index is 1.77. The standard InChI is InChI=1S/C25H35F/c1-3-5-6-7-8-9-10-11-13-21-14-17-23(18-15-21)24-19-16-22(12-4-2)20-25(24)26/h14-20H,3-13H2,1-2H3. The molecule has 0 aliphatic carbocycles. The zero-order chi connectivity index (χ0) is 18.6. The maximum absolute atomic E-state index is 14.4. The van der Waals surface area contributed by atoms with Crippen LogP contribution in [0.3, 0.4) is 0 Å². The molecule has 0 nitrogen and oxygen atoms in total. The summed E-state index contributed by atoms with van der Waals surface area (Å²) in [5.74, 6) is -0.105. The fourth-order valence-electron chi connectivity index (χ4n) is 3.55. The smallest absolute Gasteiger partial charge is 0.131 e. The summed E-state index contributed by atoms with van der Waals surface area (Å²) in [5.41, 5.74) is 4.14. The van der Waals surface area contributed by atoms with Gasteiger partial charge in [0.05, 0.1) is 0 Å². The van der Waals surface area contributed by atoms with Crippen LogP contribution in [0.5, 0.6) is 0 Å². The summed E-state index contributed by atoms with van der Waals surface area (Å²) >= 11 is 0. The van der Waals surface area contributed by atoms with Crippen LogP contribution in [0.15, 0.2) is 42.5 Å². The van der Waals surface area contributed by atoms with Crippen LogP contribution in [0.2, 0.25) is 0 Å². The molecule has 0 spiro atoms. The SMILES string of the molecule is CCCCCCCCCCc1ccc(-c2ccc(CCC)cc2F)cc1. The number of hydrogen-bond acceptors (Lipinski definition) is 0. The molecule has 0 bridgehead atoms. The van der Waals surface area contributed by atoms with Gasteiger partial charge in [0.25, 0.3) is 0 Å². The predicted molar refractivity (Wildman–Crippen MR) is 112 cm³/mol. The topological polar surface area (TPSA) is 0 Å². The average molecular weight is 355 g/mol. The van der Waals surface area contributed by atoms with Gasteiger partial charge in [-0.15, -0.1) is 0 Å². The largest absolute Gasteiger partial charge is 0.206 e. The molecule has 0 amide bonds. The molecule has 142 valence electrons. The maximum Gasteiger partial charge on any atom is 0.131 e. The Labute approximate surface area is 159 Å². The van der Waals surface area contributed by atoms with E-state index in [1.165, 1.54) is 56.9 Å². The molecule has 0 radical (unpaired) electrons. The van der Waals surface area contributed by atoms with Crippen molar-refractivity contribution in [2.75, 3.05) is 0 Å². The molecule has 2 rings (SSSR count). The molecular formula is C25H35F. The van der Waals surface area contributed by atoms with Gasteiger partial charge >= 0.3 is 0 Å². The Morgan fingerprint density at radius 1 is 0.615 bits per heavy atom. The highest BCUT2D eigenvalue weighted by molar-refractivity contribution is 5.64. The van der Waals surface area contributed by atoms with E-state index in [1.54, 1.807) is 6.07 Å². The third kappa shape index (κ3) is 6.94. The van der Waals surface area contributed by atoms with Crippen LogP contribution in [0, 0.1) is 5.82 Å². The van der Waals surface area contributed by atoms with Gasteiger partial charge in [-0.1, -0.05) is 102 Å². The van der Waals surface area contributed by atoms with Crippen LogP contribution < -0.4 is 0 Å². The van der Waals surface area contributed by atoms with Crippen molar-refractivity contribution in [3.63, 3.8) is 0 Å². The third-order valence-electron chi connectivity index (χ3n) is 5.16. The molecule has 2 aromatic rings. The van der Waals surface area contributed by atoms with E-state index in [2.05, 4.69) is 44.2 Å². The minimum atomic E-state index is -0.105. The Hall–Kier alpha value is -1.63. The van der Waals surface area contributed by atoms with Crippen LogP contribution >= 0.6 is 0 Å². The third-order valence-corrected chi connectivity index (χ3v) is 5.16. The summed E-state index contributed by atoms with van der Waals surface area (Å²) in [7, 11) is 0. The van der Waals surface area contributed by atoms with Crippen molar-refractivity contribution in [3.05, 3.63) is 59.4 Å². The average Bonchev–Trinajstić information content (AvgIpc) is 2.65. The quantitative estimate of drug-likeness (QED) is 0.337. The van der Waals surface area contributed by atoms with Crippen molar-refractivity contribution in [3.8, 4) is 11.1 Å². The van der Waals surface area contributed by atoms with Crippen LogP contribution in [0.4, 0.5) is 4.39 Å². The monoisotopic (exact) mass is 354 g/mol. The van der Waals surface area contributed by atoms with Gasteiger partial charge in [0.1, 0.15) is 5.82 Å². The van der Waals surface area contributed by atoms with Gasteiger partial charge in [-0.05, 0) is 42.0 Å². The van der Waals surface area contributed by atoms with Gasteiger partial charge in [0.2, 0.25) is 0 Å².